The van der Waals surface area contributed by atoms with Crippen LogP contribution in [0.3, 0.4) is 0 Å². The number of aromatic nitrogens is 3. The Labute approximate surface area is 244 Å². The van der Waals surface area contributed by atoms with Crippen molar-refractivity contribution in [2.24, 2.45) is 0 Å². The molecule has 5 rings (SSSR count). The van der Waals surface area contributed by atoms with Crippen LogP contribution < -0.4 is 20.4 Å². The van der Waals surface area contributed by atoms with Gasteiger partial charge in [-0.15, -0.1) is 0 Å². The fourth-order valence-electron chi connectivity index (χ4n) is 5.80. The molecule has 2 N–H and O–H groups in total. The second-order valence-corrected chi connectivity index (χ2v) is 10.9. The molecule has 3 aromatic heterocycles. The molecular weight excluding hydrogens is 536 g/mol. The van der Waals surface area contributed by atoms with Crippen molar-refractivity contribution in [1.29, 1.82) is 0 Å². The highest BCUT2D eigenvalue weighted by molar-refractivity contribution is 5.82. The van der Waals surface area contributed by atoms with Gasteiger partial charge in [-0.1, -0.05) is 13.3 Å². The van der Waals surface area contributed by atoms with Gasteiger partial charge in [0.2, 0.25) is 11.1 Å². The maximum Gasteiger partial charge on any atom is 0.370 e. The molecule has 0 spiro atoms. The van der Waals surface area contributed by atoms with Crippen molar-refractivity contribution in [2.45, 2.75) is 90.5 Å². The van der Waals surface area contributed by atoms with Gasteiger partial charge in [0.15, 0.2) is 11.2 Å². The summed E-state index contributed by atoms with van der Waals surface area (Å²) in [6.45, 7) is 3.64. The average Bonchev–Trinajstić information content (AvgIpc) is 3.61. The summed E-state index contributed by atoms with van der Waals surface area (Å²) in [6, 6.07) is 3.90. The predicted octanol–water partition coefficient (Wildman–Crippen LogP) is 4.71. The monoisotopic (exact) mass is 575 g/mol. The number of nitrogens with zero attached hydrogens (tertiary/aromatic N) is 4. The standard InChI is InChI=1S/C32H38N4O6/c1-2-22-23(31-33-29-25(41-31)14-10-20-35(29)18-7-3-5-16-27(37)38)12-9-13-24(22)32-34-30-26(42-32)15-11-21-36(30)19-8-4-6-17-28(39)40/h10-11,14-15,20-21H,2-9,12-13,16-19H2,1H3,(H-,37,38,39,40)/p+1. The minimum Gasteiger partial charge on any atom is -0.481 e. The van der Waals surface area contributed by atoms with E-state index >= 15 is 0 Å². The number of pyridine rings is 1. The number of anilines is 1. The Kier molecular flexibility index (Phi) is 9.51. The zero-order chi connectivity index (χ0) is 29.5. The van der Waals surface area contributed by atoms with Gasteiger partial charge in [0.1, 0.15) is 0 Å². The first-order valence-electron chi connectivity index (χ1n) is 15.0. The van der Waals surface area contributed by atoms with Crippen LogP contribution in [0.4, 0.5) is 5.82 Å². The molecule has 0 amide bonds. The van der Waals surface area contributed by atoms with E-state index in [-0.39, 0.29) is 12.8 Å². The highest BCUT2D eigenvalue weighted by Crippen LogP contribution is 2.38. The van der Waals surface area contributed by atoms with E-state index < -0.39 is 11.9 Å². The maximum atomic E-state index is 10.8. The molecule has 222 valence electrons. The zero-order valence-electron chi connectivity index (χ0n) is 24.2. The van der Waals surface area contributed by atoms with Gasteiger partial charge in [-0.3, -0.25) is 9.59 Å². The summed E-state index contributed by atoms with van der Waals surface area (Å²) in [4.78, 5) is 33.6. The fraction of sp³-hybridized carbons (Fsp3) is 0.469. The van der Waals surface area contributed by atoms with Gasteiger partial charge >= 0.3 is 23.5 Å². The third-order valence-corrected chi connectivity index (χ3v) is 7.87. The molecule has 2 aliphatic rings. The van der Waals surface area contributed by atoms with Gasteiger partial charge in [0.25, 0.3) is 0 Å². The van der Waals surface area contributed by atoms with E-state index in [4.69, 9.17) is 29.0 Å². The molecule has 3 aromatic rings. The second-order valence-electron chi connectivity index (χ2n) is 10.9. The van der Waals surface area contributed by atoms with Gasteiger partial charge < -0.3 is 23.9 Å². The van der Waals surface area contributed by atoms with Crippen molar-refractivity contribution < 1.29 is 33.2 Å². The van der Waals surface area contributed by atoms with Gasteiger partial charge in [-0.25, -0.2) is 4.57 Å². The van der Waals surface area contributed by atoms with E-state index in [9.17, 15) is 9.59 Å². The lowest BCUT2D eigenvalue weighted by Gasteiger charge is -2.19. The predicted molar refractivity (Wildman–Crippen MR) is 158 cm³/mol. The third-order valence-electron chi connectivity index (χ3n) is 7.87. The van der Waals surface area contributed by atoms with Gasteiger partial charge in [-0.05, 0) is 87.6 Å². The molecule has 1 aliphatic heterocycles. The van der Waals surface area contributed by atoms with Gasteiger partial charge in [-0.2, -0.15) is 4.98 Å². The molecule has 0 bridgehead atoms. The number of unbranched alkanes of at least 4 members (excludes halogenated alkanes) is 4. The molecule has 10 heteroatoms. The topological polar surface area (TPSA) is 134 Å². The van der Waals surface area contributed by atoms with E-state index in [2.05, 4.69) is 16.4 Å². The Balaban J connectivity index is 1.40. The number of carboxylic acid groups (broad SMARTS) is 2. The van der Waals surface area contributed by atoms with Crippen LogP contribution in [0.1, 0.15) is 89.9 Å². The summed E-state index contributed by atoms with van der Waals surface area (Å²) < 4.78 is 14.7. The van der Waals surface area contributed by atoms with E-state index in [1.165, 1.54) is 5.57 Å². The number of oxazole rings is 2. The van der Waals surface area contributed by atoms with E-state index in [0.717, 1.165) is 98.1 Å². The van der Waals surface area contributed by atoms with Crippen LogP contribution in [0.5, 0.6) is 0 Å². The molecule has 0 saturated carbocycles. The summed E-state index contributed by atoms with van der Waals surface area (Å²) in [7, 11) is 0. The molecule has 0 unspecified atom stereocenters. The van der Waals surface area contributed by atoms with Crippen molar-refractivity contribution in [1.82, 2.24) is 9.97 Å². The Morgan fingerprint density at radius 1 is 0.976 bits per heavy atom. The smallest absolute Gasteiger partial charge is 0.370 e. The molecule has 0 radical (unpaired) electrons. The largest absolute Gasteiger partial charge is 0.481 e. The third kappa shape index (κ3) is 6.80. The van der Waals surface area contributed by atoms with Gasteiger partial charge in [0.05, 0.1) is 12.7 Å². The van der Waals surface area contributed by atoms with E-state index in [0.29, 0.717) is 24.3 Å². The lowest BCUT2D eigenvalue weighted by atomic mass is 9.86. The zero-order valence-corrected chi connectivity index (χ0v) is 24.2. The highest BCUT2D eigenvalue weighted by Gasteiger charge is 2.28. The first kappa shape index (κ1) is 29.3. The lowest BCUT2D eigenvalue weighted by Crippen LogP contribution is -2.34. The summed E-state index contributed by atoms with van der Waals surface area (Å²) in [5.41, 5.74) is 6.26. The minimum absolute atomic E-state index is 0.199. The van der Waals surface area contributed by atoms with Crippen LogP contribution in [0.2, 0.25) is 0 Å². The van der Waals surface area contributed by atoms with E-state index in [1.807, 2.05) is 36.7 Å². The first-order valence-corrected chi connectivity index (χ1v) is 15.0. The molecule has 0 fully saturated rings. The number of carbonyl (C=O) groups is 2. The molecule has 1 aliphatic carbocycles. The highest BCUT2D eigenvalue weighted by atomic mass is 16.4. The summed E-state index contributed by atoms with van der Waals surface area (Å²) >= 11 is 0. The van der Waals surface area contributed by atoms with Crippen molar-refractivity contribution >= 4 is 46.2 Å². The quantitative estimate of drug-likeness (QED) is 0.207. The summed E-state index contributed by atoms with van der Waals surface area (Å²) in [5.74, 6) is -0.0717. The number of rotatable bonds is 14. The average molecular weight is 576 g/mol. The molecular formula is C32H39N4O6+. The van der Waals surface area contributed by atoms with Gasteiger partial charge in [0, 0.05) is 41.7 Å². The van der Waals surface area contributed by atoms with Crippen LogP contribution in [0.15, 0.2) is 45.0 Å². The summed E-state index contributed by atoms with van der Waals surface area (Å²) in [5, 5.41) is 17.8. The lowest BCUT2D eigenvalue weighted by molar-refractivity contribution is -0.673. The number of fused-ring (bicyclic) bond motifs is 2. The molecule has 42 heavy (non-hydrogen) atoms. The molecule has 0 aromatic carbocycles. The van der Waals surface area contributed by atoms with Crippen LogP contribution >= 0.6 is 0 Å². The Bertz CT molecular complexity index is 1630. The fourth-order valence-corrected chi connectivity index (χ4v) is 5.80. The Hall–Kier alpha value is -4.21. The van der Waals surface area contributed by atoms with E-state index in [1.54, 1.807) is 0 Å². The van der Waals surface area contributed by atoms with Crippen LogP contribution in [0.25, 0.3) is 28.5 Å². The van der Waals surface area contributed by atoms with Crippen molar-refractivity contribution in [2.75, 3.05) is 11.4 Å². The number of carboxylic acids is 2. The van der Waals surface area contributed by atoms with Crippen molar-refractivity contribution in [3.8, 4) is 0 Å². The maximum absolute atomic E-state index is 10.8. The van der Waals surface area contributed by atoms with Crippen LogP contribution in [-0.2, 0) is 16.1 Å². The molecule has 4 heterocycles. The SMILES string of the molecule is CCC1=C(c2nc3c(ccc[n+]3CCCCCC(=O)O)o2)CCC/C1=c1\nc2c(o1)=CC=CN2CCCCCC(=O)O. The number of aryl methyl sites for hydroxylation is 1. The normalized spacial score (nSPS) is 16.2. The van der Waals surface area contributed by atoms with Crippen LogP contribution in [-0.4, -0.2) is 38.7 Å². The van der Waals surface area contributed by atoms with Crippen molar-refractivity contribution in [3.05, 3.63) is 53.0 Å². The van der Waals surface area contributed by atoms with Crippen molar-refractivity contribution in [3.63, 3.8) is 0 Å². The number of hydrogen-bond acceptors (Lipinski definition) is 7. The first-order chi connectivity index (χ1) is 20.4. The number of allylic oxidation sites excluding steroid dienone is 3. The number of hydrogen-bond donors (Lipinski definition) is 2. The molecule has 10 nitrogen and oxygen atoms in total. The van der Waals surface area contributed by atoms with Crippen LogP contribution in [0, 0.1) is 0 Å². The Morgan fingerprint density at radius 3 is 2.50 bits per heavy atom. The number of aliphatic carboxylic acids is 2. The summed E-state index contributed by atoms with van der Waals surface area (Å²) in [6.07, 6.45) is 16.6. The molecule has 0 saturated heterocycles. The Morgan fingerprint density at radius 2 is 1.74 bits per heavy atom. The minimum atomic E-state index is -0.753. The second kappa shape index (κ2) is 13.6. The molecule has 0 atom stereocenters.